The third kappa shape index (κ3) is 6.94. The summed E-state index contributed by atoms with van der Waals surface area (Å²) in [6.07, 6.45) is 4.09. The number of hydrogen-bond acceptors (Lipinski definition) is 5. The first-order chi connectivity index (χ1) is 16.1. The summed E-state index contributed by atoms with van der Waals surface area (Å²) >= 11 is 0. The van der Waals surface area contributed by atoms with Gasteiger partial charge in [0.1, 0.15) is 11.6 Å². The van der Waals surface area contributed by atoms with E-state index in [2.05, 4.69) is 15.6 Å². The smallest absolute Gasteiger partial charge is 0.408 e. The van der Waals surface area contributed by atoms with Gasteiger partial charge in [0.05, 0.1) is 0 Å². The van der Waals surface area contributed by atoms with Crippen molar-refractivity contribution in [1.29, 1.82) is 0 Å². The van der Waals surface area contributed by atoms with Crippen molar-refractivity contribution in [2.24, 2.45) is 0 Å². The molecule has 0 spiro atoms. The maximum absolute atomic E-state index is 13.1. The van der Waals surface area contributed by atoms with Crippen molar-refractivity contribution in [3.8, 4) is 0 Å². The summed E-state index contributed by atoms with van der Waals surface area (Å²) in [5, 5.41) is 15.0. The zero-order valence-electron chi connectivity index (χ0n) is 19.2. The van der Waals surface area contributed by atoms with Crippen molar-refractivity contribution in [3.63, 3.8) is 0 Å². The predicted molar refractivity (Wildman–Crippen MR) is 129 cm³/mol. The number of nitrogens with one attached hydrogen (secondary N) is 4. The topological polar surface area (TPSA) is 133 Å². The number of anilines is 1. The van der Waals surface area contributed by atoms with Gasteiger partial charge in [-0.2, -0.15) is 0 Å². The highest BCUT2D eigenvalue weighted by molar-refractivity contribution is 5.97. The van der Waals surface area contributed by atoms with Gasteiger partial charge in [-0.3, -0.25) is 14.8 Å². The van der Waals surface area contributed by atoms with Gasteiger partial charge in [0.15, 0.2) is 0 Å². The van der Waals surface area contributed by atoms with E-state index in [4.69, 9.17) is 9.94 Å². The third-order valence-electron chi connectivity index (χ3n) is 4.82. The fourth-order valence-corrected chi connectivity index (χ4v) is 3.30. The maximum atomic E-state index is 13.1. The molecule has 0 radical (unpaired) electrons. The second-order valence-electron chi connectivity index (χ2n) is 8.68. The molecule has 178 valence electrons. The van der Waals surface area contributed by atoms with Gasteiger partial charge < -0.3 is 20.4 Å². The van der Waals surface area contributed by atoms with Crippen molar-refractivity contribution in [2.45, 2.75) is 38.8 Å². The molecule has 0 unspecified atom stereocenters. The normalized spacial score (nSPS) is 12.4. The summed E-state index contributed by atoms with van der Waals surface area (Å²) in [6.45, 7) is 5.25. The average Bonchev–Trinajstić information content (AvgIpc) is 3.19. The number of benzene rings is 2. The lowest BCUT2D eigenvalue weighted by molar-refractivity contribution is -0.124. The Kier molecular flexibility index (Phi) is 7.70. The molecule has 0 saturated carbocycles. The van der Waals surface area contributed by atoms with Gasteiger partial charge in [-0.15, -0.1) is 0 Å². The Labute approximate surface area is 197 Å². The molecule has 5 N–H and O–H groups in total. The van der Waals surface area contributed by atoms with Crippen LogP contribution >= 0.6 is 0 Å². The molecule has 3 rings (SSSR count). The molecule has 0 aliphatic carbocycles. The quantitative estimate of drug-likeness (QED) is 0.206. The lowest BCUT2D eigenvalue weighted by atomic mass is 10.0. The van der Waals surface area contributed by atoms with Crippen LogP contribution in [0.2, 0.25) is 0 Å². The Hall–Kier alpha value is -4.11. The molecule has 0 fully saturated rings. The Bertz CT molecular complexity index is 1190. The van der Waals surface area contributed by atoms with E-state index in [1.807, 2.05) is 30.5 Å². The van der Waals surface area contributed by atoms with Crippen LogP contribution in [0.25, 0.3) is 17.0 Å². The second-order valence-corrected chi connectivity index (χ2v) is 8.68. The van der Waals surface area contributed by atoms with Crippen LogP contribution in [-0.4, -0.2) is 39.7 Å². The van der Waals surface area contributed by atoms with Gasteiger partial charge in [0.25, 0.3) is 5.91 Å². The zero-order chi connectivity index (χ0) is 24.7. The summed E-state index contributed by atoms with van der Waals surface area (Å²) in [6, 6.07) is 13.6. The molecule has 2 aromatic carbocycles. The number of carbonyl (C=O) groups is 3. The number of para-hydroxylation sites is 1. The molecule has 0 saturated heterocycles. The molecule has 1 heterocycles. The maximum Gasteiger partial charge on any atom is 0.408 e. The number of aromatic nitrogens is 1. The molecule has 1 aromatic heterocycles. The summed E-state index contributed by atoms with van der Waals surface area (Å²) in [5.41, 5.74) is 3.84. The molecule has 3 amide bonds. The Morgan fingerprint density at radius 1 is 1.09 bits per heavy atom. The molecule has 9 heteroatoms. The van der Waals surface area contributed by atoms with Crippen molar-refractivity contribution in [2.75, 3.05) is 5.32 Å². The van der Waals surface area contributed by atoms with E-state index in [9.17, 15) is 14.4 Å². The van der Waals surface area contributed by atoms with Crippen LogP contribution in [0.1, 0.15) is 31.9 Å². The summed E-state index contributed by atoms with van der Waals surface area (Å²) in [5.74, 6) is -1.05. The van der Waals surface area contributed by atoms with Gasteiger partial charge in [0.2, 0.25) is 5.91 Å². The fourth-order valence-electron chi connectivity index (χ4n) is 3.30. The monoisotopic (exact) mass is 464 g/mol. The molecule has 1 atom stereocenters. The largest absolute Gasteiger partial charge is 0.444 e. The van der Waals surface area contributed by atoms with Crippen LogP contribution < -0.4 is 16.1 Å². The minimum Gasteiger partial charge on any atom is -0.444 e. The number of alkyl carbamates (subject to hydrolysis) is 1. The van der Waals surface area contributed by atoms with Crippen molar-refractivity contribution < 1.29 is 24.3 Å². The molecule has 0 bridgehead atoms. The zero-order valence-corrected chi connectivity index (χ0v) is 19.2. The van der Waals surface area contributed by atoms with Gasteiger partial charge in [-0.1, -0.05) is 30.3 Å². The van der Waals surface area contributed by atoms with Crippen molar-refractivity contribution >= 4 is 40.6 Å². The van der Waals surface area contributed by atoms with Gasteiger partial charge >= 0.3 is 6.09 Å². The number of aromatic amines is 1. The molecule has 3 aromatic rings. The molecular weight excluding hydrogens is 436 g/mol. The minimum absolute atomic E-state index is 0.256. The fraction of sp³-hybridized carbons (Fsp3) is 0.240. The number of amides is 3. The number of rotatable bonds is 7. The molecular formula is C25H28N4O5. The van der Waals surface area contributed by atoms with E-state index in [-0.39, 0.29) is 6.42 Å². The Balaban J connectivity index is 1.76. The number of carbonyl (C=O) groups excluding carboxylic acids is 3. The van der Waals surface area contributed by atoms with Crippen LogP contribution in [0.4, 0.5) is 10.5 Å². The van der Waals surface area contributed by atoms with Crippen LogP contribution in [-0.2, 0) is 20.7 Å². The van der Waals surface area contributed by atoms with Crippen molar-refractivity contribution in [3.05, 3.63) is 71.9 Å². The van der Waals surface area contributed by atoms with Crippen LogP contribution in [0.15, 0.2) is 60.8 Å². The predicted octanol–water partition coefficient (Wildman–Crippen LogP) is 3.76. The first-order valence-electron chi connectivity index (χ1n) is 10.7. The highest BCUT2D eigenvalue weighted by Gasteiger charge is 2.25. The summed E-state index contributed by atoms with van der Waals surface area (Å²) in [4.78, 5) is 39.8. The standard InChI is InChI=1S/C25H28N4O5/c1-25(2,3)34-24(32)28-21(14-17-15-26-20-7-5-4-6-19(17)20)23(31)27-18-11-8-16(9-12-18)10-13-22(30)29-33/h4-13,15,21,26,33H,14H2,1-3H3,(H,27,31)(H,28,32)(H,29,30)/b13-10+/t21-/m1/s1. The first-order valence-corrected chi connectivity index (χ1v) is 10.7. The number of H-pyrrole nitrogens is 1. The molecule has 0 aliphatic heterocycles. The van der Waals surface area contributed by atoms with E-state index >= 15 is 0 Å². The van der Waals surface area contributed by atoms with Crippen LogP contribution in [0.5, 0.6) is 0 Å². The van der Waals surface area contributed by atoms with Gasteiger partial charge in [-0.25, -0.2) is 10.3 Å². The highest BCUT2D eigenvalue weighted by Crippen LogP contribution is 2.20. The third-order valence-corrected chi connectivity index (χ3v) is 4.82. The SMILES string of the molecule is CC(C)(C)OC(=O)N[C@H](Cc1c[nH]c2ccccc12)C(=O)Nc1ccc(/C=C/C(=O)NO)cc1. The van der Waals surface area contributed by atoms with E-state index in [1.165, 1.54) is 17.6 Å². The van der Waals surface area contributed by atoms with Crippen LogP contribution in [0, 0.1) is 0 Å². The van der Waals surface area contributed by atoms with Crippen LogP contribution in [0.3, 0.4) is 0 Å². The number of ether oxygens (including phenoxy) is 1. The molecule has 9 nitrogen and oxygen atoms in total. The van der Waals surface area contributed by atoms with Gasteiger partial charge in [-0.05, 0) is 56.2 Å². The number of fused-ring (bicyclic) bond motifs is 1. The van der Waals surface area contributed by atoms with E-state index in [0.717, 1.165) is 16.5 Å². The highest BCUT2D eigenvalue weighted by atomic mass is 16.6. The Morgan fingerprint density at radius 2 is 1.79 bits per heavy atom. The number of hydroxylamine groups is 1. The summed E-state index contributed by atoms with van der Waals surface area (Å²) in [7, 11) is 0. The second kappa shape index (κ2) is 10.7. The lowest BCUT2D eigenvalue weighted by Gasteiger charge is -2.23. The van der Waals surface area contributed by atoms with Crippen molar-refractivity contribution in [1.82, 2.24) is 15.8 Å². The minimum atomic E-state index is -0.887. The summed E-state index contributed by atoms with van der Waals surface area (Å²) < 4.78 is 5.35. The van der Waals surface area contributed by atoms with E-state index in [1.54, 1.807) is 45.0 Å². The Morgan fingerprint density at radius 3 is 2.47 bits per heavy atom. The lowest BCUT2D eigenvalue weighted by Crippen LogP contribution is -2.47. The molecule has 34 heavy (non-hydrogen) atoms. The average molecular weight is 465 g/mol. The van der Waals surface area contributed by atoms with E-state index in [0.29, 0.717) is 11.3 Å². The molecule has 0 aliphatic rings. The number of hydrogen-bond donors (Lipinski definition) is 5. The van der Waals surface area contributed by atoms with E-state index < -0.39 is 29.6 Å². The van der Waals surface area contributed by atoms with Gasteiger partial charge in [0, 0.05) is 35.3 Å². The first kappa shape index (κ1) is 24.5.